The van der Waals surface area contributed by atoms with Gasteiger partial charge in [-0.15, -0.1) is 0 Å². The number of nitrogen functional groups attached to an aromatic ring is 1. The number of ether oxygens (including phenoxy) is 1. The van der Waals surface area contributed by atoms with Gasteiger partial charge >= 0.3 is 6.09 Å². The highest BCUT2D eigenvalue weighted by Gasteiger charge is 2.15. The SMILES string of the molecule is CC(C)(C)OC(=O)NCCC=Cc1ccc(N)c(C(=O)c2ccccc2)c1. The van der Waals surface area contributed by atoms with Gasteiger partial charge in [0, 0.05) is 23.4 Å². The molecule has 2 aromatic carbocycles. The van der Waals surface area contributed by atoms with Crippen LogP contribution in [0, 0.1) is 0 Å². The standard InChI is InChI=1S/C22H26N2O3/c1-22(2,3)27-21(26)24-14-8-7-9-16-12-13-19(23)18(15-16)20(25)17-10-5-4-6-11-17/h4-7,9-13,15H,8,14,23H2,1-3H3,(H,24,26). The Bertz CT molecular complexity index is 821. The van der Waals surface area contributed by atoms with E-state index in [-0.39, 0.29) is 5.78 Å². The molecule has 0 aliphatic rings. The van der Waals surface area contributed by atoms with Gasteiger partial charge in [-0.1, -0.05) is 48.6 Å². The molecule has 0 aliphatic heterocycles. The highest BCUT2D eigenvalue weighted by molar-refractivity contribution is 6.12. The average molecular weight is 366 g/mol. The molecule has 27 heavy (non-hydrogen) atoms. The van der Waals surface area contributed by atoms with Crippen LogP contribution in [0.15, 0.2) is 54.6 Å². The van der Waals surface area contributed by atoms with E-state index in [4.69, 9.17) is 10.5 Å². The summed E-state index contributed by atoms with van der Waals surface area (Å²) >= 11 is 0. The summed E-state index contributed by atoms with van der Waals surface area (Å²) in [5.74, 6) is -0.102. The quantitative estimate of drug-likeness (QED) is 0.450. The van der Waals surface area contributed by atoms with Crippen molar-refractivity contribution in [3.8, 4) is 0 Å². The van der Waals surface area contributed by atoms with Crippen molar-refractivity contribution < 1.29 is 14.3 Å². The summed E-state index contributed by atoms with van der Waals surface area (Å²) in [6.45, 7) is 5.93. The zero-order chi connectivity index (χ0) is 19.9. The summed E-state index contributed by atoms with van der Waals surface area (Å²) in [5.41, 5.74) is 7.89. The lowest BCUT2D eigenvalue weighted by molar-refractivity contribution is 0.0528. The van der Waals surface area contributed by atoms with Gasteiger partial charge < -0.3 is 15.8 Å². The molecule has 5 nitrogen and oxygen atoms in total. The first-order chi connectivity index (χ1) is 12.8. The Hall–Kier alpha value is -3.08. The number of anilines is 1. The number of alkyl carbamates (subject to hydrolysis) is 1. The van der Waals surface area contributed by atoms with Crippen LogP contribution in [0.5, 0.6) is 0 Å². The number of carbonyl (C=O) groups excluding carboxylic acids is 2. The van der Waals surface area contributed by atoms with Crippen LogP contribution < -0.4 is 11.1 Å². The number of amides is 1. The lowest BCUT2D eigenvalue weighted by atomic mass is 9.99. The van der Waals surface area contributed by atoms with Crippen molar-refractivity contribution >= 4 is 23.6 Å². The fraction of sp³-hybridized carbons (Fsp3) is 0.273. The second-order valence-corrected chi connectivity index (χ2v) is 7.16. The smallest absolute Gasteiger partial charge is 0.407 e. The Morgan fingerprint density at radius 3 is 2.48 bits per heavy atom. The molecular weight excluding hydrogens is 340 g/mol. The van der Waals surface area contributed by atoms with Gasteiger partial charge in [0.15, 0.2) is 5.78 Å². The van der Waals surface area contributed by atoms with Gasteiger partial charge in [0.05, 0.1) is 0 Å². The fourth-order valence-corrected chi connectivity index (χ4v) is 2.41. The molecule has 1 amide bonds. The fourth-order valence-electron chi connectivity index (χ4n) is 2.41. The molecule has 5 heteroatoms. The molecule has 2 rings (SSSR count). The molecule has 0 saturated heterocycles. The molecular formula is C22H26N2O3. The van der Waals surface area contributed by atoms with Crippen LogP contribution in [-0.2, 0) is 4.74 Å². The Kier molecular flexibility index (Phi) is 6.77. The zero-order valence-corrected chi connectivity index (χ0v) is 16.0. The van der Waals surface area contributed by atoms with Gasteiger partial charge in [-0.2, -0.15) is 0 Å². The molecule has 0 radical (unpaired) electrons. The number of ketones is 1. The number of nitrogens with one attached hydrogen (secondary N) is 1. The van der Waals surface area contributed by atoms with Gasteiger partial charge in [-0.25, -0.2) is 4.79 Å². The predicted octanol–water partition coefficient (Wildman–Crippen LogP) is 4.43. The summed E-state index contributed by atoms with van der Waals surface area (Å²) < 4.78 is 5.17. The van der Waals surface area contributed by atoms with Gasteiger partial charge in [0.25, 0.3) is 0 Å². The van der Waals surface area contributed by atoms with Crippen LogP contribution in [0.4, 0.5) is 10.5 Å². The first-order valence-corrected chi connectivity index (χ1v) is 8.89. The minimum Gasteiger partial charge on any atom is -0.444 e. The number of hydrogen-bond acceptors (Lipinski definition) is 4. The molecule has 0 bridgehead atoms. The van der Waals surface area contributed by atoms with Gasteiger partial charge in [-0.05, 0) is 44.9 Å². The van der Waals surface area contributed by atoms with Gasteiger partial charge in [0.2, 0.25) is 0 Å². The number of nitrogens with two attached hydrogens (primary N) is 1. The maximum absolute atomic E-state index is 12.6. The van der Waals surface area contributed by atoms with Gasteiger partial charge in [0.1, 0.15) is 5.60 Å². The lowest BCUT2D eigenvalue weighted by Gasteiger charge is -2.19. The minimum absolute atomic E-state index is 0.102. The molecule has 0 spiro atoms. The number of hydrogen-bond donors (Lipinski definition) is 2. The van der Waals surface area contributed by atoms with E-state index in [0.29, 0.717) is 29.8 Å². The summed E-state index contributed by atoms with van der Waals surface area (Å²) in [5, 5.41) is 2.70. The maximum atomic E-state index is 12.6. The molecule has 2 aromatic rings. The van der Waals surface area contributed by atoms with Crippen LogP contribution in [-0.4, -0.2) is 24.0 Å². The van der Waals surface area contributed by atoms with Crippen molar-refractivity contribution in [3.63, 3.8) is 0 Å². The average Bonchev–Trinajstić information content (AvgIpc) is 2.61. The van der Waals surface area contributed by atoms with Gasteiger partial charge in [-0.3, -0.25) is 4.79 Å². The Morgan fingerprint density at radius 2 is 1.81 bits per heavy atom. The predicted molar refractivity (Wildman–Crippen MR) is 109 cm³/mol. The van der Waals surface area contributed by atoms with E-state index in [2.05, 4.69) is 5.32 Å². The summed E-state index contributed by atoms with van der Waals surface area (Å²) in [6.07, 6.45) is 4.04. The third-order valence-electron chi connectivity index (χ3n) is 3.65. The molecule has 0 fully saturated rings. The van der Waals surface area contributed by atoms with E-state index < -0.39 is 11.7 Å². The van der Waals surface area contributed by atoms with E-state index >= 15 is 0 Å². The van der Waals surface area contributed by atoms with Crippen LogP contribution in [0.25, 0.3) is 6.08 Å². The van der Waals surface area contributed by atoms with Crippen LogP contribution in [0.1, 0.15) is 48.7 Å². The van der Waals surface area contributed by atoms with E-state index in [9.17, 15) is 9.59 Å². The van der Waals surface area contributed by atoms with Crippen molar-refractivity contribution in [1.29, 1.82) is 0 Å². The Labute approximate surface area is 160 Å². The van der Waals surface area contributed by atoms with E-state index in [1.165, 1.54) is 0 Å². The van der Waals surface area contributed by atoms with Crippen LogP contribution >= 0.6 is 0 Å². The lowest BCUT2D eigenvalue weighted by Crippen LogP contribution is -2.32. The van der Waals surface area contributed by atoms with E-state index in [0.717, 1.165) is 5.56 Å². The summed E-state index contributed by atoms with van der Waals surface area (Å²) in [6, 6.07) is 14.4. The number of carbonyl (C=O) groups is 2. The summed E-state index contributed by atoms with van der Waals surface area (Å²) in [7, 11) is 0. The molecule has 3 N–H and O–H groups in total. The van der Waals surface area contributed by atoms with Crippen molar-refractivity contribution in [3.05, 3.63) is 71.3 Å². The first-order valence-electron chi connectivity index (χ1n) is 8.89. The molecule has 142 valence electrons. The maximum Gasteiger partial charge on any atom is 0.407 e. The normalized spacial score (nSPS) is 11.4. The summed E-state index contributed by atoms with van der Waals surface area (Å²) in [4.78, 5) is 24.2. The van der Waals surface area contributed by atoms with E-state index in [1.54, 1.807) is 24.3 Å². The Morgan fingerprint density at radius 1 is 1.11 bits per heavy atom. The molecule has 0 heterocycles. The Balaban J connectivity index is 1.95. The third-order valence-corrected chi connectivity index (χ3v) is 3.65. The first kappa shape index (κ1) is 20.2. The minimum atomic E-state index is -0.508. The zero-order valence-electron chi connectivity index (χ0n) is 16.0. The van der Waals surface area contributed by atoms with Crippen molar-refractivity contribution in [1.82, 2.24) is 5.32 Å². The second kappa shape index (κ2) is 9.03. The van der Waals surface area contributed by atoms with Crippen LogP contribution in [0.2, 0.25) is 0 Å². The van der Waals surface area contributed by atoms with E-state index in [1.807, 2.05) is 57.2 Å². The monoisotopic (exact) mass is 366 g/mol. The molecule has 0 saturated carbocycles. The number of rotatable bonds is 6. The van der Waals surface area contributed by atoms with Crippen molar-refractivity contribution in [2.75, 3.05) is 12.3 Å². The molecule has 0 aliphatic carbocycles. The highest BCUT2D eigenvalue weighted by Crippen LogP contribution is 2.19. The molecule has 0 atom stereocenters. The second-order valence-electron chi connectivity index (χ2n) is 7.16. The van der Waals surface area contributed by atoms with Crippen molar-refractivity contribution in [2.24, 2.45) is 0 Å². The highest BCUT2D eigenvalue weighted by atomic mass is 16.6. The topological polar surface area (TPSA) is 81.4 Å². The largest absolute Gasteiger partial charge is 0.444 e. The number of benzene rings is 2. The third kappa shape index (κ3) is 6.62. The molecule has 0 aromatic heterocycles. The molecule has 0 unspecified atom stereocenters. The van der Waals surface area contributed by atoms with Crippen LogP contribution in [0.3, 0.4) is 0 Å². The van der Waals surface area contributed by atoms with Crippen molar-refractivity contribution in [2.45, 2.75) is 32.8 Å².